The van der Waals surface area contributed by atoms with Crippen LogP contribution >= 0.6 is 24.0 Å². The summed E-state index contributed by atoms with van der Waals surface area (Å²) in [5.74, 6) is 0.789. The first-order valence-electron chi connectivity index (χ1n) is 7.13. The molecule has 5 nitrogen and oxygen atoms in total. The minimum atomic E-state index is -3.12. The van der Waals surface area contributed by atoms with E-state index in [9.17, 15) is 8.42 Å². The molecule has 22 heavy (non-hydrogen) atoms. The average molecular weight is 439 g/mol. The predicted molar refractivity (Wildman–Crippen MR) is 103 cm³/mol. The van der Waals surface area contributed by atoms with Crippen LogP contribution in [0.3, 0.4) is 0 Å². The summed E-state index contributed by atoms with van der Waals surface area (Å²) >= 11 is 0. The highest BCUT2D eigenvalue weighted by Crippen LogP contribution is 2.10. The second-order valence-electron chi connectivity index (χ2n) is 5.12. The van der Waals surface area contributed by atoms with E-state index in [-0.39, 0.29) is 24.0 Å². The number of hydrogen-bond donors (Lipinski definition) is 2. The highest BCUT2D eigenvalue weighted by atomic mass is 127. The van der Waals surface area contributed by atoms with Gasteiger partial charge in [-0.3, -0.25) is 4.99 Å². The van der Waals surface area contributed by atoms with Gasteiger partial charge in [0.25, 0.3) is 0 Å². The molecule has 0 aromatic heterocycles. The van der Waals surface area contributed by atoms with E-state index < -0.39 is 9.84 Å². The van der Waals surface area contributed by atoms with Gasteiger partial charge in [0.1, 0.15) is 0 Å². The first-order chi connectivity index (χ1) is 9.86. The van der Waals surface area contributed by atoms with Crippen molar-refractivity contribution >= 4 is 39.8 Å². The fraction of sp³-hybridized carbons (Fsp3) is 0.533. The summed E-state index contributed by atoms with van der Waals surface area (Å²) in [6.45, 7) is 4.97. The van der Waals surface area contributed by atoms with Gasteiger partial charge < -0.3 is 10.6 Å². The van der Waals surface area contributed by atoms with Crippen LogP contribution in [0, 0.1) is 0 Å². The monoisotopic (exact) mass is 439 g/mol. The minimum absolute atomic E-state index is 0. The molecule has 1 aromatic carbocycles. The topological polar surface area (TPSA) is 70.6 Å². The molecule has 0 saturated carbocycles. The Hall–Kier alpha value is -0.830. The molecule has 0 radical (unpaired) electrons. The first kappa shape index (κ1) is 21.2. The molecule has 0 heterocycles. The largest absolute Gasteiger partial charge is 0.356 e. The molecule has 0 aliphatic heterocycles. The number of nitrogens with one attached hydrogen (secondary N) is 2. The summed E-state index contributed by atoms with van der Waals surface area (Å²) in [6, 6.07) is 7.38. The molecule has 1 unspecified atom stereocenters. The number of halogens is 1. The molecule has 0 aliphatic carbocycles. The molecule has 0 saturated heterocycles. The molecule has 0 amide bonds. The van der Waals surface area contributed by atoms with Crippen LogP contribution in [0.5, 0.6) is 0 Å². The van der Waals surface area contributed by atoms with Gasteiger partial charge in [-0.15, -0.1) is 24.0 Å². The predicted octanol–water partition coefficient (Wildman–Crippen LogP) is 2.21. The van der Waals surface area contributed by atoms with E-state index in [1.807, 2.05) is 12.1 Å². The fourth-order valence-corrected chi connectivity index (χ4v) is 2.39. The van der Waals surface area contributed by atoms with Gasteiger partial charge in [0.05, 0.1) is 4.90 Å². The van der Waals surface area contributed by atoms with Crippen molar-refractivity contribution in [3.05, 3.63) is 29.8 Å². The highest BCUT2D eigenvalue weighted by Gasteiger charge is 2.06. The third-order valence-corrected chi connectivity index (χ3v) is 4.41. The lowest BCUT2D eigenvalue weighted by atomic mass is 10.1. The summed E-state index contributed by atoms with van der Waals surface area (Å²) in [4.78, 5) is 4.52. The van der Waals surface area contributed by atoms with E-state index in [1.165, 1.54) is 6.26 Å². The molecule has 7 heteroatoms. The number of guanidine groups is 1. The molecule has 1 rings (SSSR count). The van der Waals surface area contributed by atoms with E-state index in [1.54, 1.807) is 19.2 Å². The summed E-state index contributed by atoms with van der Waals surface area (Å²) in [6.07, 6.45) is 3.06. The Balaban J connectivity index is 0.00000441. The Morgan fingerprint density at radius 2 is 1.86 bits per heavy atom. The average Bonchev–Trinajstić information content (AvgIpc) is 2.45. The summed E-state index contributed by atoms with van der Waals surface area (Å²) in [5.41, 5.74) is 1.09. The lowest BCUT2D eigenvalue weighted by Crippen LogP contribution is -2.42. The van der Waals surface area contributed by atoms with Gasteiger partial charge in [0, 0.05) is 25.9 Å². The molecule has 0 fully saturated rings. The van der Waals surface area contributed by atoms with Crippen molar-refractivity contribution in [2.24, 2.45) is 4.99 Å². The maximum Gasteiger partial charge on any atom is 0.191 e. The van der Waals surface area contributed by atoms with Crippen LogP contribution in [0.25, 0.3) is 0 Å². The van der Waals surface area contributed by atoms with Crippen LogP contribution in [0.1, 0.15) is 25.8 Å². The standard InChI is InChI=1S/C15H25N3O2S.HI/c1-5-12(2)18-15(16-3)17-11-10-13-6-8-14(9-7-13)21(4,19)20;/h6-9,12H,5,10-11H2,1-4H3,(H2,16,17,18);1H. The Kier molecular flexibility index (Phi) is 9.66. The molecule has 0 spiro atoms. The number of sulfone groups is 1. The number of aliphatic imine (C=N–C) groups is 1. The van der Waals surface area contributed by atoms with E-state index in [4.69, 9.17) is 0 Å². The summed E-state index contributed by atoms with van der Waals surface area (Å²) < 4.78 is 22.8. The van der Waals surface area contributed by atoms with Gasteiger partial charge in [-0.1, -0.05) is 19.1 Å². The SMILES string of the molecule is CCC(C)NC(=NC)NCCc1ccc(S(C)(=O)=O)cc1.I. The Bertz CT molecular complexity index is 571. The van der Waals surface area contributed by atoms with Crippen LogP contribution in [0.15, 0.2) is 34.2 Å². The van der Waals surface area contributed by atoms with Crippen LogP contribution in [0.4, 0.5) is 0 Å². The fourth-order valence-electron chi connectivity index (χ4n) is 1.76. The third-order valence-electron chi connectivity index (χ3n) is 3.28. The zero-order valence-electron chi connectivity index (χ0n) is 13.6. The molecule has 0 aliphatic rings. The molecular weight excluding hydrogens is 413 g/mol. The molecule has 2 N–H and O–H groups in total. The summed E-state index contributed by atoms with van der Waals surface area (Å²) in [7, 11) is -1.37. The Morgan fingerprint density at radius 3 is 2.32 bits per heavy atom. The molecule has 0 bridgehead atoms. The van der Waals surface area contributed by atoms with Crippen molar-refractivity contribution in [2.75, 3.05) is 19.8 Å². The van der Waals surface area contributed by atoms with Crippen molar-refractivity contribution in [1.29, 1.82) is 0 Å². The molecule has 1 aromatic rings. The molecular formula is C15H26IN3O2S. The highest BCUT2D eigenvalue weighted by molar-refractivity contribution is 14.0. The molecule has 126 valence electrons. The maximum absolute atomic E-state index is 11.4. The van der Waals surface area contributed by atoms with Gasteiger partial charge >= 0.3 is 0 Å². The van der Waals surface area contributed by atoms with Crippen LogP contribution in [-0.4, -0.2) is 40.3 Å². The van der Waals surface area contributed by atoms with E-state index >= 15 is 0 Å². The van der Waals surface area contributed by atoms with Crippen molar-refractivity contribution in [2.45, 2.75) is 37.6 Å². The summed E-state index contributed by atoms with van der Waals surface area (Å²) in [5, 5.41) is 6.54. The number of hydrogen-bond acceptors (Lipinski definition) is 3. The Morgan fingerprint density at radius 1 is 1.27 bits per heavy atom. The number of rotatable bonds is 6. The second kappa shape index (κ2) is 10.0. The second-order valence-corrected chi connectivity index (χ2v) is 7.13. The number of nitrogens with zero attached hydrogens (tertiary/aromatic N) is 1. The minimum Gasteiger partial charge on any atom is -0.356 e. The molecule has 1 atom stereocenters. The maximum atomic E-state index is 11.4. The van der Waals surface area contributed by atoms with Crippen molar-refractivity contribution in [3.8, 4) is 0 Å². The normalized spacial score (nSPS) is 13.2. The van der Waals surface area contributed by atoms with Crippen LogP contribution in [0.2, 0.25) is 0 Å². The van der Waals surface area contributed by atoms with Crippen molar-refractivity contribution < 1.29 is 8.42 Å². The zero-order chi connectivity index (χ0) is 15.9. The lowest BCUT2D eigenvalue weighted by Gasteiger charge is -2.16. The first-order valence-corrected chi connectivity index (χ1v) is 9.02. The van der Waals surface area contributed by atoms with E-state index in [2.05, 4.69) is 29.5 Å². The van der Waals surface area contributed by atoms with Gasteiger partial charge in [0.2, 0.25) is 0 Å². The lowest BCUT2D eigenvalue weighted by molar-refractivity contribution is 0.602. The van der Waals surface area contributed by atoms with Crippen molar-refractivity contribution in [1.82, 2.24) is 10.6 Å². The van der Waals surface area contributed by atoms with Crippen molar-refractivity contribution in [3.63, 3.8) is 0 Å². The van der Waals surface area contributed by atoms with Crippen LogP contribution < -0.4 is 10.6 Å². The van der Waals surface area contributed by atoms with Gasteiger partial charge in [0.15, 0.2) is 15.8 Å². The van der Waals surface area contributed by atoms with Crippen LogP contribution in [-0.2, 0) is 16.3 Å². The zero-order valence-corrected chi connectivity index (χ0v) is 16.7. The number of benzene rings is 1. The van der Waals surface area contributed by atoms with Gasteiger partial charge in [-0.05, 0) is 37.5 Å². The smallest absolute Gasteiger partial charge is 0.191 e. The van der Waals surface area contributed by atoms with Gasteiger partial charge in [-0.2, -0.15) is 0 Å². The Labute approximate surface area is 150 Å². The third kappa shape index (κ3) is 7.44. The van der Waals surface area contributed by atoms with Gasteiger partial charge in [-0.25, -0.2) is 8.42 Å². The van der Waals surface area contributed by atoms with E-state index in [0.717, 1.165) is 30.9 Å². The quantitative estimate of drug-likeness (QED) is 0.405. The van der Waals surface area contributed by atoms with E-state index in [0.29, 0.717) is 10.9 Å².